The first-order chi connectivity index (χ1) is 11.8. The van der Waals surface area contributed by atoms with Crippen LogP contribution in [0.4, 0.5) is 0 Å². The predicted molar refractivity (Wildman–Crippen MR) is 85.5 cm³/mol. The van der Waals surface area contributed by atoms with Crippen LogP contribution >= 0.6 is 0 Å². The van der Waals surface area contributed by atoms with Crippen LogP contribution in [0.25, 0.3) is 0 Å². The SMILES string of the molecule is CCS(=O)(=O)O.O=C(O)CN(CCN(CC(=O)O)CC(=O)O)CC(=O)O. The molecule has 0 saturated heterocycles. The van der Waals surface area contributed by atoms with Gasteiger partial charge in [-0.15, -0.1) is 0 Å². The fourth-order valence-corrected chi connectivity index (χ4v) is 1.48. The molecule has 0 amide bonds. The van der Waals surface area contributed by atoms with Crippen molar-refractivity contribution in [3.63, 3.8) is 0 Å². The zero-order valence-corrected chi connectivity index (χ0v) is 14.8. The van der Waals surface area contributed by atoms with Gasteiger partial charge in [0.2, 0.25) is 0 Å². The summed E-state index contributed by atoms with van der Waals surface area (Å²) in [6.45, 7) is -0.880. The van der Waals surface area contributed by atoms with E-state index in [-0.39, 0.29) is 18.8 Å². The molecule has 26 heavy (non-hydrogen) atoms. The largest absolute Gasteiger partial charge is 0.480 e. The fraction of sp³-hybridized carbons (Fsp3) is 0.667. The van der Waals surface area contributed by atoms with Crippen LogP contribution in [0.5, 0.6) is 0 Å². The van der Waals surface area contributed by atoms with Crippen molar-refractivity contribution in [1.82, 2.24) is 9.80 Å². The fourth-order valence-electron chi connectivity index (χ4n) is 1.48. The summed E-state index contributed by atoms with van der Waals surface area (Å²) < 4.78 is 26.9. The molecular weight excluding hydrogens is 380 g/mol. The predicted octanol–water partition coefficient (Wildman–Crippen LogP) is -2.18. The maximum atomic E-state index is 10.6. The molecule has 0 aliphatic rings. The van der Waals surface area contributed by atoms with E-state index in [1.54, 1.807) is 0 Å². The minimum absolute atomic E-state index is 0.0703. The summed E-state index contributed by atoms with van der Waals surface area (Å²) in [7, 11) is -3.66. The summed E-state index contributed by atoms with van der Waals surface area (Å²) in [6.07, 6.45) is 0. The number of carboxylic acids is 4. The van der Waals surface area contributed by atoms with Crippen molar-refractivity contribution >= 4 is 34.0 Å². The van der Waals surface area contributed by atoms with Crippen LogP contribution in [0.15, 0.2) is 0 Å². The molecule has 152 valence electrons. The average molecular weight is 402 g/mol. The summed E-state index contributed by atoms with van der Waals surface area (Å²) in [5.41, 5.74) is 0. The van der Waals surface area contributed by atoms with E-state index in [1.807, 2.05) is 0 Å². The minimum Gasteiger partial charge on any atom is -0.480 e. The standard InChI is InChI=1S/C10H16N2O8.C2H6O3S/c13-7(14)3-11(4-8(15)16)1-2-12(5-9(17)18)6-10(19)20;1-2-6(3,4)5/h1-6H2,(H,13,14)(H,15,16)(H,17,18)(H,19,20);2H2,1H3,(H,3,4,5). The lowest BCUT2D eigenvalue weighted by atomic mass is 10.4. The summed E-state index contributed by atoms with van der Waals surface area (Å²) in [5, 5.41) is 34.5. The van der Waals surface area contributed by atoms with Gasteiger partial charge in [0, 0.05) is 13.1 Å². The second-order valence-electron chi connectivity index (χ2n) is 4.87. The van der Waals surface area contributed by atoms with Gasteiger partial charge in [0.25, 0.3) is 10.1 Å². The molecule has 0 atom stereocenters. The number of aliphatic carboxylic acids is 4. The molecule has 0 spiro atoms. The molecule has 0 heterocycles. The lowest BCUT2D eigenvalue weighted by Gasteiger charge is -2.23. The molecule has 0 fully saturated rings. The Balaban J connectivity index is 0. The molecule has 0 aromatic rings. The third-order valence-electron chi connectivity index (χ3n) is 2.53. The second kappa shape index (κ2) is 13.0. The monoisotopic (exact) mass is 402 g/mol. The van der Waals surface area contributed by atoms with Crippen molar-refractivity contribution in [3.05, 3.63) is 0 Å². The number of rotatable bonds is 12. The third kappa shape index (κ3) is 19.8. The Hall–Kier alpha value is -2.29. The maximum Gasteiger partial charge on any atom is 0.317 e. The van der Waals surface area contributed by atoms with E-state index in [9.17, 15) is 27.6 Å². The van der Waals surface area contributed by atoms with Crippen LogP contribution in [-0.2, 0) is 29.3 Å². The lowest BCUT2D eigenvalue weighted by molar-refractivity contribution is -0.145. The number of carboxylic acid groups (broad SMARTS) is 4. The zero-order valence-electron chi connectivity index (χ0n) is 13.9. The van der Waals surface area contributed by atoms with Crippen molar-refractivity contribution in [2.45, 2.75) is 6.92 Å². The first kappa shape index (κ1) is 25.9. The van der Waals surface area contributed by atoms with Crippen LogP contribution < -0.4 is 0 Å². The molecule has 0 aromatic heterocycles. The Labute approximate surface area is 149 Å². The van der Waals surface area contributed by atoms with Gasteiger partial charge in [-0.3, -0.25) is 33.5 Å². The lowest BCUT2D eigenvalue weighted by Crippen LogP contribution is -2.43. The Bertz CT molecular complexity index is 522. The van der Waals surface area contributed by atoms with Crippen molar-refractivity contribution in [2.75, 3.05) is 45.0 Å². The number of carbonyl (C=O) groups is 4. The number of nitrogens with zero attached hydrogens (tertiary/aromatic N) is 2. The van der Waals surface area contributed by atoms with Gasteiger partial charge in [-0.05, 0) is 6.92 Å². The highest BCUT2D eigenvalue weighted by molar-refractivity contribution is 7.85. The van der Waals surface area contributed by atoms with Crippen molar-refractivity contribution in [2.24, 2.45) is 0 Å². The number of hydrogen-bond acceptors (Lipinski definition) is 8. The van der Waals surface area contributed by atoms with Gasteiger partial charge in [-0.1, -0.05) is 0 Å². The summed E-state index contributed by atoms with van der Waals surface area (Å²) in [6, 6.07) is 0. The van der Waals surface area contributed by atoms with Gasteiger partial charge >= 0.3 is 23.9 Å². The zero-order chi connectivity index (χ0) is 20.9. The molecule has 0 aliphatic heterocycles. The van der Waals surface area contributed by atoms with Crippen molar-refractivity contribution in [1.29, 1.82) is 0 Å². The van der Waals surface area contributed by atoms with E-state index in [2.05, 4.69) is 0 Å². The highest BCUT2D eigenvalue weighted by Gasteiger charge is 2.17. The van der Waals surface area contributed by atoms with E-state index >= 15 is 0 Å². The molecule has 0 bridgehead atoms. The molecule has 0 aliphatic carbocycles. The van der Waals surface area contributed by atoms with Crippen molar-refractivity contribution < 1.29 is 52.6 Å². The highest BCUT2D eigenvalue weighted by atomic mass is 32.2. The molecule has 0 rings (SSSR count). The topological polar surface area (TPSA) is 210 Å². The highest BCUT2D eigenvalue weighted by Crippen LogP contribution is 1.94. The van der Waals surface area contributed by atoms with Crippen LogP contribution in [0, 0.1) is 0 Å². The van der Waals surface area contributed by atoms with Gasteiger partial charge in [0.15, 0.2) is 0 Å². The van der Waals surface area contributed by atoms with E-state index in [0.717, 1.165) is 9.80 Å². The minimum atomic E-state index is -3.66. The summed E-state index contributed by atoms with van der Waals surface area (Å²) in [5.74, 6) is -5.11. The Morgan fingerprint density at radius 3 is 1.00 bits per heavy atom. The molecule has 0 unspecified atom stereocenters. The first-order valence-electron chi connectivity index (χ1n) is 7.03. The molecule has 0 radical (unpaired) electrons. The second-order valence-corrected chi connectivity index (χ2v) is 6.61. The average Bonchev–Trinajstić information content (AvgIpc) is 2.42. The normalized spacial score (nSPS) is 10.9. The van der Waals surface area contributed by atoms with E-state index < -0.39 is 60.2 Å². The Morgan fingerprint density at radius 2 is 0.885 bits per heavy atom. The molecule has 5 N–H and O–H groups in total. The van der Waals surface area contributed by atoms with E-state index in [4.69, 9.17) is 25.0 Å². The van der Waals surface area contributed by atoms with Crippen LogP contribution in [-0.4, -0.2) is 112 Å². The first-order valence-corrected chi connectivity index (χ1v) is 8.64. The summed E-state index contributed by atoms with van der Waals surface area (Å²) >= 11 is 0. The number of hydrogen-bond donors (Lipinski definition) is 5. The van der Waals surface area contributed by atoms with Gasteiger partial charge < -0.3 is 20.4 Å². The van der Waals surface area contributed by atoms with Gasteiger partial charge in [-0.25, -0.2) is 0 Å². The summed E-state index contributed by atoms with van der Waals surface area (Å²) in [4.78, 5) is 44.4. The Morgan fingerprint density at radius 1 is 0.692 bits per heavy atom. The smallest absolute Gasteiger partial charge is 0.317 e. The molecule has 13 nitrogen and oxygen atoms in total. The quantitative estimate of drug-likeness (QED) is 0.220. The van der Waals surface area contributed by atoms with Crippen LogP contribution in [0.3, 0.4) is 0 Å². The Kier molecular flexibility index (Phi) is 13.0. The van der Waals surface area contributed by atoms with Crippen LogP contribution in [0.2, 0.25) is 0 Å². The molecule has 14 heteroatoms. The van der Waals surface area contributed by atoms with Crippen molar-refractivity contribution in [3.8, 4) is 0 Å². The molecule has 0 saturated carbocycles. The van der Waals surface area contributed by atoms with E-state index in [0.29, 0.717) is 0 Å². The third-order valence-corrected chi connectivity index (χ3v) is 3.26. The van der Waals surface area contributed by atoms with E-state index in [1.165, 1.54) is 6.92 Å². The molecule has 0 aromatic carbocycles. The van der Waals surface area contributed by atoms with Crippen LogP contribution in [0.1, 0.15) is 6.92 Å². The van der Waals surface area contributed by atoms with Gasteiger partial charge in [0.1, 0.15) is 0 Å². The molecular formula is C12H22N2O11S. The van der Waals surface area contributed by atoms with Gasteiger partial charge in [-0.2, -0.15) is 8.42 Å². The van der Waals surface area contributed by atoms with Gasteiger partial charge in [0.05, 0.1) is 31.9 Å². The maximum absolute atomic E-state index is 10.6.